The number of nitro benzene ring substituents is 1. The molecule has 0 aliphatic rings. The van der Waals surface area contributed by atoms with Gasteiger partial charge < -0.3 is 9.73 Å². The van der Waals surface area contributed by atoms with Crippen molar-refractivity contribution in [3.8, 4) is 0 Å². The summed E-state index contributed by atoms with van der Waals surface area (Å²) in [4.78, 5) is 22.8. The number of amides is 1. The molecule has 2 N–H and O–H groups in total. The van der Waals surface area contributed by atoms with Crippen LogP contribution in [0.25, 0.3) is 11.0 Å². The van der Waals surface area contributed by atoms with Crippen molar-refractivity contribution >= 4 is 28.3 Å². The number of hydrogen-bond acceptors (Lipinski definition) is 5. The molecule has 120 valence electrons. The fourth-order valence-corrected chi connectivity index (χ4v) is 2.31. The normalized spacial score (nSPS) is 10.5. The molecule has 7 nitrogen and oxygen atoms in total. The van der Waals surface area contributed by atoms with Gasteiger partial charge in [0, 0.05) is 23.2 Å². The second-order valence-electron chi connectivity index (χ2n) is 5.24. The van der Waals surface area contributed by atoms with E-state index in [9.17, 15) is 14.9 Å². The molecule has 0 fully saturated rings. The molecule has 7 heteroatoms. The number of non-ortho nitro benzene ring substituents is 1. The molecule has 0 atom stereocenters. The second kappa shape index (κ2) is 5.96. The van der Waals surface area contributed by atoms with E-state index in [2.05, 4.69) is 5.32 Å². The molecule has 0 saturated heterocycles. The molecular formula is C17H13N3O4. The van der Waals surface area contributed by atoms with Crippen LogP contribution in [-0.4, -0.2) is 10.8 Å². The van der Waals surface area contributed by atoms with E-state index < -0.39 is 10.8 Å². The molecule has 0 bridgehead atoms. The van der Waals surface area contributed by atoms with Crippen LogP contribution >= 0.6 is 0 Å². The molecule has 0 radical (unpaired) electrons. The maximum atomic E-state index is 12.4. The summed E-state index contributed by atoms with van der Waals surface area (Å²) >= 11 is 0. The van der Waals surface area contributed by atoms with Crippen LogP contribution in [0.1, 0.15) is 15.9 Å². The third kappa shape index (κ3) is 2.87. The van der Waals surface area contributed by atoms with Crippen molar-refractivity contribution in [2.45, 2.75) is 6.92 Å². The Bertz CT molecular complexity index is 1020. The van der Waals surface area contributed by atoms with Gasteiger partial charge in [-0.1, -0.05) is 18.2 Å². The molecule has 0 unspecified atom stereocenters. The molecule has 1 aromatic heterocycles. The first-order valence-corrected chi connectivity index (χ1v) is 7.09. The number of carbonyl (C=O) groups is 1. The average Bonchev–Trinajstić information content (AvgIpc) is 2.55. The molecule has 2 aromatic carbocycles. The third-order valence-electron chi connectivity index (χ3n) is 3.60. The van der Waals surface area contributed by atoms with E-state index in [0.717, 1.165) is 5.56 Å². The molecule has 1 amide bonds. The molecule has 0 saturated carbocycles. The van der Waals surface area contributed by atoms with Gasteiger partial charge in [0.05, 0.1) is 4.92 Å². The Kier molecular flexibility index (Phi) is 3.83. The lowest BCUT2D eigenvalue weighted by atomic mass is 10.1. The van der Waals surface area contributed by atoms with Crippen LogP contribution in [0.2, 0.25) is 0 Å². The van der Waals surface area contributed by atoms with Crippen molar-refractivity contribution in [3.05, 3.63) is 75.3 Å². The molecule has 0 aliphatic heterocycles. The first kappa shape index (κ1) is 15.4. The zero-order valence-corrected chi connectivity index (χ0v) is 12.7. The Morgan fingerprint density at radius 1 is 1.21 bits per heavy atom. The number of hydrogen-bond donors (Lipinski definition) is 2. The van der Waals surface area contributed by atoms with Crippen LogP contribution in [0.3, 0.4) is 0 Å². The van der Waals surface area contributed by atoms with Gasteiger partial charge in [0.15, 0.2) is 0 Å². The quantitative estimate of drug-likeness (QED) is 0.568. The van der Waals surface area contributed by atoms with E-state index in [4.69, 9.17) is 9.83 Å². The van der Waals surface area contributed by atoms with E-state index >= 15 is 0 Å². The number of aryl methyl sites for hydroxylation is 1. The summed E-state index contributed by atoms with van der Waals surface area (Å²) in [6, 6.07) is 12.7. The average molecular weight is 323 g/mol. The number of benzene rings is 2. The maximum absolute atomic E-state index is 12.4. The lowest BCUT2D eigenvalue weighted by Gasteiger charge is -2.08. The predicted molar refractivity (Wildman–Crippen MR) is 87.9 cm³/mol. The van der Waals surface area contributed by atoms with Crippen LogP contribution in [0.15, 0.2) is 52.9 Å². The van der Waals surface area contributed by atoms with Crippen molar-refractivity contribution in [3.63, 3.8) is 0 Å². The van der Waals surface area contributed by atoms with Crippen LogP contribution < -0.4 is 10.9 Å². The highest BCUT2D eigenvalue weighted by Gasteiger charge is 2.14. The molecular weight excluding hydrogens is 310 g/mol. The molecule has 3 rings (SSSR count). The monoisotopic (exact) mass is 323 g/mol. The van der Waals surface area contributed by atoms with Gasteiger partial charge in [0.25, 0.3) is 11.6 Å². The highest BCUT2D eigenvalue weighted by molar-refractivity contribution is 6.05. The second-order valence-corrected chi connectivity index (χ2v) is 5.24. The van der Waals surface area contributed by atoms with E-state index in [1.807, 2.05) is 19.1 Å². The highest BCUT2D eigenvalue weighted by atomic mass is 16.6. The first-order valence-electron chi connectivity index (χ1n) is 7.09. The zero-order valence-electron chi connectivity index (χ0n) is 12.7. The standard InChI is InChI=1S/C17H13N3O4/c1-10-4-2-3-5-14(10)19-17(21)13-9-11-8-12(20(22)23)6-7-15(11)24-16(13)18/h2-9,18H,1H3,(H,19,21). The van der Waals surface area contributed by atoms with Gasteiger partial charge in [-0.3, -0.25) is 20.3 Å². The smallest absolute Gasteiger partial charge is 0.270 e. The highest BCUT2D eigenvalue weighted by Crippen LogP contribution is 2.21. The van der Waals surface area contributed by atoms with E-state index in [1.165, 1.54) is 24.3 Å². The minimum Gasteiger partial charge on any atom is -0.438 e. The van der Waals surface area contributed by atoms with Gasteiger partial charge in [0.2, 0.25) is 5.55 Å². The Labute approximate surface area is 136 Å². The first-order chi connectivity index (χ1) is 11.5. The summed E-state index contributed by atoms with van der Waals surface area (Å²) in [7, 11) is 0. The minimum absolute atomic E-state index is 0.00579. The van der Waals surface area contributed by atoms with Crippen molar-refractivity contribution in [2.75, 3.05) is 5.32 Å². The van der Waals surface area contributed by atoms with Crippen LogP contribution in [0.5, 0.6) is 0 Å². The van der Waals surface area contributed by atoms with Crippen molar-refractivity contribution in [1.82, 2.24) is 0 Å². The molecule has 0 aliphatic carbocycles. The summed E-state index contributed by atoms with van der Waals surface area (Å²) < 4.78 is 5.30. The minimum atomic E-state index is -0.527. The summed E-state index contributed by atoms with van der Waals surface area (Å²) in [5.41, 5.74) is 1.40. The lowest BCUT2D eigenvalue weighted by molar-refractivity contribution is -0.384. The van der Waals surface area contributed by atoms with Crippen LogP contribution in [0.4, 0.5) is 11.4 Å². The van der Waals surface area contributed by atoms with Gasteiger partial charge in [-0.15, -0.1) is 0 Å². The Hall–Kier alpha value is -3.48. The van der Waals surface area contributed by atoms with E-state index in [1.54, 1.807) is 12.1 Å². The zero-order chi connectivity index (χ0) is 17.3. The van der Waals surface area contributed by atoms with Crippen LogP contribution in [-0.2, 0) is 0 Å². The number of rotatable bonds is 3. The molecule has 3 aromatic rings. The summed E-state index contributed by atoms with van der Waals surface area (Å²) in [6.45, 7) is 1.85. The number of carbonyl (C=O) groups excluding carboxylic acids is 1. The number of nitrogens with one attached hydrogen (secondary N) is 2. The van der Waals surface area contributed by atoms with Gasteiger partial charge in [0.1, 0.15) is 11.1 Å². The molecule has 24 heavy (non-hydrogen) atoms. The molecule has 1 heterocycles. The number of para-hydroxylation sites is 1. The fourth-order valence-electron chi connectivity index (χ4n) is 2.31. The maximum Gasteiger partial charge on any atom is 0.270 e. The Balaban J connectivity index is 2.03. The van der Waals surface area contributed by atoms with Gasteiger partial charge in [-0.2, -0.15) is 0 Å². The Morgan fingerprint density at radius 3 is 2.67 bits per heavy atom. The SMILES string of the molecule is Cc1ccccc1NC(=O)c1cc2cc([N+](=O)[O-])ccc2oc1=N. The molecule has 0 spiro atoms. The van der Waals surface area contributed by atoms with Gasteiger partial charge >= 0.3 is 0 Å². The van der Waals surface area contributed by atoms with Crippen molar-refractivity contribution < 1.29 is 14.1 Å². The Morgan fingerprint density at radius 2 is 1.96 bits per heavy atom. The number of anilines is 1. The lowest BCUT2D eigenvalue weighted by Crippen LogP contribution is -2.21. The van der Waals surface area contributed by atoms with E-state index in [0.29, 0.717) is 16.7 Å². The fraction of sp³-hybridized carbons (Fsp3) is 0.0588. The van der Waals surface area contributed by atoms with Crippen molar-refractivity contribution in [1.29, 1.82) is 5.41 Å². The number of nitrogens with zero attached hydrogens (tertiary/aromatic N) is 1. The van der Waals surface area contributed by atoms with E-state index in [-0.39, 0.29) is 16.8 Å². The largest absolute Gasteiger partial charge is 0.438 e. The van der Waals surface area contributed by atoms with Gasteiger partial charge in [-0.25, -0.2) is 0 Å². The van der Waals surface area contributed by atoms with Crippen LogP contribution in [0, 0.1) is 22.4 Å². The number of fused-ring (bicyclic) bond motifs is 1. The van der Waals surface area contributed by atoms with Crippen molar-refractivity contribution in [2.24, 2.45) is 0 Å². The topological polar surface area (TPSA) is 109 Å². The van der Waals surface area contributed by atoms with Gasteiger partial charge in [-0.05, 0) is 30.7 Å². The number of nitro groups is 1. The summed E-state index contributed by atoms with van der Waals surface area (Å²) in [6.07, 6.45) is 0. The predicted octanol–water partition coefficient (Wildman–Crippen LogP) is 3.38. The third-order valence-corrected chi connectivity index (χ3v) is 3.60. The summed E-state index contributed by atoms with van der Waals surface area (Å²) in [5.74, 6) is -0.508. The summed E-state index contributed by atoms with van der Waals surface area (Å²) in [5, 5.41) is 21.8.